The first-order valence-electron chi connectivity index (χ1n) is 11.8. The Morgan fingerprint density at radius 1 is 0.932 bits per heavy atom. The van der Waals surface area contributed by atoms with E-state index in [4.69, 9.17) is 20.9 Å². The zero-order valence-electron chi connectivity index (χ0n) is 22.5. The number of methoxy groups -OCH3 is 1. The molecule has 0 aliphatic rings. The van der Waals surface area contributed by atoms with E-state index in [1.165, 1.54) is 32.2 Å². The van der Waals surface area contributed by atoms with Crippen molar-refractivity contribution in [3.05, 3.63) is 41.7 Å². The minimum atomic E-state index is -4.93. The van der Waals surface area contributed by atoms with Gasteiger partial charge in [0.05, 0.1) is 42.2 Å². The van der Waals surface area contributed by atoms with Gasteiger partial charge in [0.2, 0.25) is 23.1 Å². The van der Waals surface area contributed by atoms with Gasteiger partial charge in [0, 0.05) is 11.8 Å². The Balaban J connectivity index is 1.91. The monoisotopic (exact) mass is 694 g/mol. The van der Waals surface area contributed by atoms with E-state index in [1.54, 1.807) is 0 Å². The molecule has 18 nitrogen and oxygen atoms in total. The largest absolute Gasteiger partial charge is 0.494 e. The molecule has 1 heterocycles. The summed E-state index contributed by atoms with van der Waals surface area (Å²) in [5.74, 6) is -2.66. The van der Waals surface area contributed by atoms with Crippen molar-refractivity contribution in [2.24, 2.45) is 0 Å². The van der Waals surface area contributed by atoms with Crippen molar-refractivity contribution in [3.63, 3.8) is 0 Å². The van der Waals surface area contributed by atoms with Gasteiger partial charge in [-0.1, -0.05) is 6.07 Å². The minimum Gasteiger partial charge on any atom is -0.494 e. The number of carbonyl (C=O) groups is 2. The molecule has 0 aliphatic heterocycles. The van der Waals surface area contributed by atoms with Crippen molar-refractivity contribution < 1.29 is 52.9 Å². The van der Waals surface area contributed by atoms with Gasteiger partial charge in [-0.15, -0.1) is 0 Å². The lowest BCUT2D eigenvalue weighted by molar-refractivity contribution is -0.124. The number of nitrogens with one attached hydrogen (secondary N) is 3. The number of sulfone groups is 1. The van der Waals surface area contributed by atoms with Crippen LogP contribution in [0.4, 0.5) is 29.0 Å². The molecule has 0 bridgehead atoms. The lowest BCUT2D eigenvalue weighted by Crippen LogP contribution is -2.16. The number of halogens is 1. The summed E-state index contributed by atoms with van der Waals surface area (Å²) < 4.78 is 98.6. The van der Waals surface area contributed by atoms with Gasteiger partial charge in [-0.3, -0.25) is 18.7 Å². The molecule has 0 aliphatic carbocycles. The number of benzene rings is 2. The third kappa shape index (κ3) is 10.0. The summed E-state index contributed by atoms with van der Waals surface area (Å²) in [7, 11) is -12.6. The van der Waals surface area contributed by atoms with E-state index in [0.29, 0.717) is 0 Å². The second-order valence-electron chi connectivity index (χ2n) is 8.55. The molecule has 0 unspecified atom stereocenters. The summed E-state index contributed by atoms with van der Waals surface area (Å²) in [5, 5.41) is 7.17. The summed E-state index contributed by atoms with van der Waals surface area (Å²) in [6.07, 6.45) is -0.499. The van der Waals surface area contributed by atoms with Gasteiger partial charge in [0.15, 0.2) is 9.84 Å². The first-order valence-corrected chi connectivity index (χ1v) is 16.6. The number of amides is 1. The highest BCUT2D eigenvalue weighted by Crippen LogP contribution is 2.35. The van der Waals surface area contributed by atoms with Crippen molar-refractivity contribution in [1.82, 2.24) is 15.0 Å². The molecule has 0 radical (unpaired) electrons. The Kier molecular flexibility index (Phi) is 10.8. The number of hydrogen-bond acceptors (Lipinski definition) is 15. The van der Waals surface area contributed by atoms with Gasteiger partial charge in [0.25, 0.3) is 10.1 Å². The van der Waals surface area contributed by atoms with Crippen molar-refractivity contribution in [2.45, 2.75) is 23.1 Å². The number of aromatic nitrogens is 3. The molecule has 2 aromatic carbocycles. The molecule has 0 fully saturated rings. The van der Waals surface area contributed by atoms with Gasteiger partial charge < -0.3 is 20.7 Å². The van der Waals surface area contributed by atoms with Crippen LogP contribution in [0.3, 0.4) is 0 Å². The average molecular weight is 695 g/mol. The van der Waals surface area contributed by atoms with Crippen LogP contribution in [0.25, 0.3) is 0 Å². The predicted octanol–water partition coefficient (Wildman–Crippen LogP) is 1.78. The number of ether oxygens (including phenoxy) is 1. The fourth-order valence-corrected chi connectivity index (χ4v) is 5.75. The third-order valence-electron chi connectivity index (χ3n) is 5.15. The molecule has 5 N–H and O–H groups in total. The van der Waals surface area contributed by atoms with Crippen LogP contribution in [0.2, 0.25) is 5.28 Å². The number of hydrogen-bond donors (Lipinski definition) is 5. The Labute approximate surface area is 255 Å². The molecule has 238 valence electrons. The van der Waals surface area contributed by atoms with Gasteiger partial charge in [-0.2, -0.15) is 31.8 Å². The predicted molar refractivity (Wildman–Crippen MR) is 154 cm³/mol. The summed E-state index contributed by atoms with van der Waals surface area (Å²) in [6, 6.07) is 7.13. The van der Waals surface area contributed by atoms with Crippen LogP contribution in [0.15, 0.2) is 46.2 Å². The van der Waals surface area contributed by atoms with Gasteiger partial charge in [0.1, 0.15) is 16.4 Å². The van der Waals surface area contributed by atoms with Crippen LogP contribution in [-0.2, 0) is 44.1 Å². The molecule has 44 heavy (non-hydrogen) atoms. The number of Topliss-reactive ketones (excluding diaryl/α,β-unsaturated/α-hetero) is 1. The zero-order valence-corrected chi connectivity index (χ0v) is 25.7. The van der Waals surface area contributed by atoms with Crippen LogP contribution in [0, 0.1) is 0 Å². The minimum absolute atomic E-state index is 0.0738. The van der Waals surface area contributed by atoms with Crippen LogP contribution < -0.4 is 20.7 Å². The van der Waals surface area contributed by atoms with E-state index in [2.05, 4.69) is 35.1 Å². The molecular formula is C22H23ClN6O12S3. The molecule has 3 aromatic rings. The number of anilines is 5. The maximum Gasteiger partial charge on any atom is 0.397 e. The first-order chi connectivity index (χ1) is 20.4. The zero-order chi connectivity index (χ0) is 32.9. The van der Waals surface area contributed by atoms with Crippen molar-refractivity contribution in [3.8, 4) is 5.75 Å². The molecule has 0 spiro atoms. The Hall–Kier alpha value is -3.99. The van der Waals surface area contributed by atoms with Gasteiger partial charge in [-0.25, -0.2) is 12.6 Å². The highest BCUT2D eigenvalue weighted by Gasteiger charge is 2.23. The SMILES string of the molecule is COc1cc(Nc2nc(Cl)nc(Nc3cccc(S(=O)(=O)CCOS(=O)(=O)O)c3)n2)c(S(=O)(=O)O)cc1NC(=O)CC(C)=O. The highest BCUT2D eigenvalue weighted by molar-refractivity contribution is 7.91. The average Bonchev–Trinajstić information content (AvgIpc) is 2.87. The number of rotatable bonds is 14. The number of nitrogens with zero attached hydrogens (tertiary/aromatic N) is 3. The quantitative estimate of drug-likeness (QED) is 0.119. The maximum absolute atomic E-state index is 12.6. The van der Waals surface area contributed by atoms with Crippen LogP contribution in [0.1, 0.15) is 13.3 Å². The molecule has 0 saturated carbocycles. The van der Waals surface area contributed by atoms with E-state index in [1.807, 2.05) is 0 Å². The van der Waals surface area contributed by atoms with E-state index in [0.717, 1.165) is 18.2 Å². The molecule has 0 atom stereocenters. The second kappa shape index (κ2) is 13.8. The molecule has 1 amide bonds. The smallest absolute Gasteiger partial charge is 0.397 e. The van der Waals surface area contributed by atoms with E-state index < -0.39 is 71.0 Å². The third-order valence-corrected chi connectivity index (χ3v) is 8.35. The highest BCUT2D eigenvalue weighted by atomic mass is 35.5. The standard InChI is InChI=1S/C22H23ClN6O12S3/c1-12(30)8-19(31)25-15-11-18(43(34,35)36)16(10-17(15)40-2)26-22-28-20(23)27-21(29-22)24-13-4-3-5-14(9-13)42(32,33)7-6-41-44(37,38)39/h3-5,9-11H,6-8H2,1-2H3,(H,25,31)(H,34,35,36)(H,37,38,39)(H2,24,26,27,28,29). The fraction of sp³-hybridized carbons (Fsp3) is 0.227. The Morgan fingerprint density at radius 2 is 1.59 bits per heavy atom. The van der Waals surface area contributed by atoms with Crippen LogP contribution in [0.5, 0.6) is 5.75 Å². The molecule has 3 rings (SSSR count). The van der Waals surface area contributed by atoms with Gasteiger partial charge in [-0.05, 0) is 42.8 Å². The Bertz CT molecular complexity index is 1920. The van der Waals surface area contributed by atoms with Crippen LogP contribution >= 0.6 is 11.6 Å². The summed E-state index contributed by atoms with van der Waals surface area (Å²) >= 11 is 6.00. The van der Waals surface area contributed by atoms with Crippen molar-refractivity contribution in [2.75, 3.05) is 35.4 Å². The molecule has 1 aromatic heterocycles. The topological polar surface area (TPSA) is 270 Å². The lowest BCUT2D eigenvalue weighted by Gasteiger charge is -2.16. The first kappa shape index (κ1) is 34.5. The second-order valence-corrected chi connectivity index (χ2v) is 13.5. The van der Waals surface area contributed by atoms with Crippen molar-refractivity contribution >= 4 is 82.6 Å². The van der Waals surface area contributed by atoms with E-state index >= 15 is 0 Å². The Morgan fingerprint density at radius 3 is 2.18 bits per heavy atom. The van der Waals surface area contributed by atoms with Crippen molar-refractivity contribution in [1.29, 1.82) is 0 Å². The fourth-order valence-electron chi connectivity index (χ4n) is 3.40. The summed E-state index contributed by atoms with van der Waals surface area (Å²) in [6.45, 7) is 0.348. The van der Waals surface area contributed by atoms with E-state index in [-0.39, 0.29) is 39.6 Å². The summed E-state index contributed by atoms with van der Waals surface area (Å²) in [5.41, 5.74) is -0.365. The van der Waals surface area contributed by atoms with E-state index in [9.17, 15) is 39.4 Å². The maximum atomic E-state index is 12.6. The molecular weight excluding hydrogens is 672 g/mol. The normalized spacial score (nSPS) is 11.9. The number of ketones is 1. The van der Waals surface area contributed by atoms with Gasteiger partial charge >= 0.3 is 10.4 Å². The number of carbonyl (C=O) groups excluding carboxylic acids is 2. The summed E-state index contributed by atoms with van der Waals surface area (Å²) in [4.78, 5) is 34.1. The van der Waals surface area contributed by atoms with Crippen LogP contribution in [-0.4, -0.2) is 80.5 Å². The molecule has 0 saturated heterocycles. The molecule has 22 heteroatoms. The lowest BCUT2D eigenvalue weighted by atomic mass is 10.2.